The zero-order valence-corrected chi connectivity index (χ0v) is 18.5. The number of benzene rings is 1. The molecule has 5 rings (SSSR count). The smallest absolute Gasteiger partial charge is 0.281 e. The van der Waals surface area contributed by atoms with Gasteiger partial charge >= 0.3 is 0 Å². The van der Waals surface area contributed by atoms with Crippen LogP contribution in [-0.4, -0.2) is 50.8 Å². The highest BCUT2D eigenvalue weighted by molar-refractivity contribution is 5.74. The average molecular weight is 443 g/mol. The summed E-state index contributed by atoms with van der Waals surface area (Å²) in [6, 6.07) is 9.50. The van der Waals surface area contributed by atoms with Crippen LogP contribution in [0, 0.1) is 23.2 Å². The summed E-state index contributed by atoms with van der Waals surface area (Å²) in [5, 5.41) is 12.6. The van der Waals surface area contributed by atoms with E-state index in [4.69, 9.17) is 11.0 Å². The number of likely N-dealkylation sites (tertiary alicyclic amines) is 1. The van der Waals surface area contributed by atoms with Crippen molar-refractivity contribution in [1.82, 2.24) is 18.9 Å². The Labute approximate surface area is 192 Å². The SMILES string of the molecule is CC#CCN1c2c(n3ccnc3n(Cc3ccc(C#N)cc3)c2=O)NC1N1CCC[C@@H](N)C1. The molecule has 33 heavy (non-hydrogen) atoms. The van der Waals surface area contributed by atoms with Gasteiger partial charge in [-0.3, -0.25) is 18.7 Å². The van der Waals surface area contributed by atoms with Crippen LogP contribution in [0.25, 0.3) is 5.78 Å². The van der Waals surface area contributed by atoms with Crippen molar-refractivity contribution >= 4 is 17.3 Å². The third-order valence-electron chi connectivity index (χ3n) is 6.31. The van der Waals surface area contributed by atoms with Crippen molar-refractivity contribution in [2.75, 3.05) is 29.9 Å². The number of aromatic nitrogens is 3. The molecule has 0 radical (unpaired) electrons. The lowest BCUT2D eigenvalue weighted by Gasteiger charge is -2.39. The van der Waals surface area contributed by atoms with Gasteiger partial charge in [0.05, 0.1) is 24.7 Å². The maximum absolute atomic E-state index is 13.9. The number of hydrogen-bond acceptors (Lipinski definition) is 7. The van der Waals surface area contributed by atoms with E-state index >= 15 is 0 Å². The van der Waals surface area contributed by atoms with Gasteiger partial charge in [-0.05, 0) is 37.5 Å². The molecular formula is C24H26N8O. The fourth-order valence-electron chi connectivity index (χ4n) is 4.71. The Morgan fingerprint density at radius 3 is 2.85 bits per heavy atom. The number of nitrogens with one attached hydrogen (secondary N) is 1. The highest BCUT2D eigenvalue weighted by Crippen LogP contribution is 2.34. The molecule has 0 amide bonds. The molecule has 1 unspecified atom stereocenters. The molecule has 3 N–H and O–H groups in total. The van der Waals surface area contributed by atoms with Crippen molar-refractivity contribution in [1.29, 1.82) is 5.26 Å². The third kappa shape index (κ3) is 3.72. The van der Waals surface area contributed by atoms with Crippen molar-refractivity contribution in [2.45, 2.75) is 38.6 Å². The van der Waals surface area contributed by atoms with Gasteiger partial charge in [-0.25, -0.2) is 4.98 Å². The Kier molecular flexibility index (Phi) is 5.51. The van der Waals surface area contributed by atoms with Crippen LogP contribution in [-0.2, 0) is 6.54 Å². The summed E-state index contributed by atoms with van der Waals surface area (Å²) >= 11 is 0. The number of hydrogen-bond donors (Lipinski definition) is 2. The molecule has 2 aromatic heterocycles. The van der Waals surface area contributed by atoms with Crippen LogP contribution in [0.3, 0.4) is 0 Å². The van der Waals surface area contributed by atoms with Crippen molar-refractivity contribution in [2.24, 2.45) is 5.73 Å². The molecule has 0 spiro atoms. The van der Waals surface area contributed by atoms with E-state index < -0.39 is 0 Å². The normalized spacial score (nSPS) is 20.1. The summed E-state index contributed by atoms with van der Waals surface area (Å²) in [4.78, 5) is 22.7. The predicted molar refractivity (Wildman–Crippen MR) is 127 cm³/mol. The molecule has 0 bridgehead atoms. The van der Waals surface area contributed by atoms with E-state index in [0.717, 1.165) is 37.3 Å². The van der Waals surface area contributed by atoms with E-state index in [1.54, 1.807) is 29.8 Å². The first-order chi connectivity index (χ1) is 16.1. The van der Waals surface area contributed by atoms with Gasteiger partial charge < -0.3 is 16.0 Å². The molecule has 168 valence electrons. The number of nitrogens with zero attached hydrogens (tertiary/aromatic N) is 6. The minimum absolute atomic E-state index is 0.115. The van der Waals surface area contributed by atoms with E-state index in [0.29, 0.717) is 30.1 Å². The molecule has 2 aliphatic heterocycles. The number of nitrogens with two attached hydrogens (primary N) is 1. The first-order valence-corrected chi connectivity index (χ1v) is 11.1. The van der Waals surface area contributed by atoms with Gasteiger partial charge in [0.25, 0.3) is 5.56 Å². The Morgan fingerprint density at radius 2 is 2.12 bits per heavy atom. The maximum Gasteiger partial charge on any atom is 0.281 e. The van der Waals surface area contributed by atoms with Crippen LogP contribution < -0.4 is 21.5 Å². The zero-order valence-electron chi connectivity index (χ0n) is 18.5. The molecule has 1 fully saturated rings. The second kappa shape index (κ2) is 8.62. The number of nitriles is 1. The maximum atomic E-state index is 13.9. The molecule has 0 saturated carbocycles. The van der Waals surface area contributed by atoms with Crippen LogP contribution in [0.1, 0.15) is 30.9 Å². The topological polar surface area (TPSA) is 108 Å². The fraction of sp³-hybridized carbons (Fsp3) is 0.375. The largest absolute Gasteiger partial charge is 0.337 e. The number of imidazole rings is 1. The number of piperidine rings is 1. The first kappa shape index (κ1) is 21.1. The lowest BCUT2D eigenvalue weighted by atomic mass is 10.1. The number of rotatable bonds is 4. The Hall–Kier alpha value is -3.79. The Morgan fingerprint density at radius 1 is 1.30 bits per heavy atom. The van der Waals surface area contributed by atoms with Gasteiger partial charge in [-0.15, -0.1) is 5.92 Å². The van der Waals surface area contributed by atoms with E-state index in [9.17, 15) is 4.79 Å². The van der Waals surface area contributed by atoms with E-state index in [-0.39, 0.29) is 17.9 Å². The predicted octanol–water partition coefficient (Wildman–Crippen LogP) is 1.38. The first-order valence-electron chi connectivity index (χ1n) is 11.1. The molecular weight excluding hydrogens is 416 g/mol. The van der Waals surface area contributed by atoms with Crippen molar-refractivity contribution in [3.63, 3.8) is 0 Å². The average Bonchev–Trinajstić information content (AvgIpc) is 3.46. The summed E-state index contributed by atoms with van der Waals surface area (Å²) in [6.07, 6.45) is 5.40. The standard InChI is InChI=1S/C24H26N8O/c1-2-3-12-30-20-21(28-24(30)29-11-4-5-19(26)16-29)31-13-10-27-23(31)32(22(20)33)15-18-8-6-17(14-25)7-9-18/h6-10,13,19,24,28H,4-5,11-12,15-16,26H2,1H3/t19-,24?/m1/s1. The molecule has 3 aromatic rings. The third-order valence-corrected chi connectivity index (χ3v) is 6.31. The molecule has 0 aliphatic carbocycles. The van der Waals surface area contributed by atoms with E-state index in [1.807, 2.05) is 27.6 Å². The minimum atomic E-state index is -0.198. The van der Waals surface area contributed by atoms with Crippen LogP contribution in [0.15, 0.2) is 41.5 Å². The quantitative estimate of drug-likeness (QED) is 0.588. The van der Waals surface area contributed by atoms with Crippen LogP contribution in [0.2, 0.25) is 0 Å². The summed E-state index contributed by atoms with van der Waals surface area (Å²) in [6.45, 7) is 4.25. The molecule has 2 aliphatic rings. The summed E-state index contributed by atoms with van der Waals surface area (Å²) in [5.41, 5.74) is 8.23. The lowest BCUT2D eigenvalue weighted by molar-refractivity contribution is 0.165. The summed E-state index contributed by atoms with van der Waals surface area (Å²) in [5.74, 6) is 7.38. The molecule has 2 atom stereocenters. The highest BCUT2D eigenvalue weighted by atomic mass is 16.1. The minimum Gasteiger partial charge on any atom is -0.337 e. The molecule has 9 nitrogen and oxygen atoms in total. The van der Waals surface area contributed by atoms with Crippen LogP contribution in [0.5, 0.6) is 0 Å². The summed E-state index contributed by atoms with van der Waals surface area (Å²) < 4.78 is 3.61. The lowest BCUT2D eigenvalue weighted by Crippen LogP contribution is -2.56. The van der Waals surface area contributed by atoms with Gasteiger partial charge in [0.2, 0.25) is 5.78 Å². The van der Waals surface area contributed by atoms with Gasteiger partial charge in [0, 0.05) is 31.5 Å². The number of fused-ring (bicyclic) bond motifs is 3. The number of anilines is 2. The van der Waals surface area contributed by atoms with Crippen LogP contribution >= 0.6 is 0 Å². The molecule has 9 heteroatoms. The van der Waals surface area contributed by atoms with Crippen molar-refractivity contribution in [3.8, 4) is 17.9 Å². The Bertz CT molecular complexity index is 1340. The van der Waals surface area contributed by atoms with Crippen molar-refractivity contribution < 1.29 is 0 Å². The molecule has 1 saturated heterocycles. The van der Waals surface area contributed by atoms with Gasteiger partial charge in [0.1, 0.15) is 11.5 Å². The summed E-state index contributed by atoms with van der Waals surface area (Å²) in [7, 11) is 0. The van der Waals surface area contributed by atoms with E-state index in [1.165, 1.54) is 0 Å². The van der Waals surface area contributed by atoms with Crippen LogP contribution in [0.4, 0.5) is 11.5 Å². The molecule has 4 heterocycles. The monoisotopic (exact) mass is 442 g/mol. The van der Waals surface area contributed by atoms with E-state index in [2.05, 4.69) is 33.1 Å². The van der Waals surface area contributed by atoms with Gasteiger partial charge in [0.15, 0.2) is 6.29 Å². The molecule has 1 aromatic carbocycles. The van der Waals surface area contributed by atoms with Gasteiger partial charge in [-0.1, -0.05) is 18.1 Å². The second-order valence-electron chi connectivity index (χ2n) is 8.46. The zero-order chi connectivity index (χ0) is 22.9. The highest BCUT2D eigenvalue weighted by Gasteiger charge is 2.39. The van der Waals surface area contributed by atoms with Gasteiger partial charge in [-0.2, -0.15) is 5.26 Å². The Balaban J connectivity index is 1.60. The fourth-order valence-corrected chi connectivity index (χ4v) is 4.71. The second-order valence-corrected chi connectivity index (χ2v) is 8.46. The van der Waals surface area contributed by atoms with Crippen molar-refractivity contribution in [3.05, 3.63) is 58.1 Å².